The molecule has 49 heavy (non-hydrogen) atoms. The minimum absolute atomic E-state index is 0.0721. The van der Waals surface area contributed by atoms with Gasteiger partial charge < -0.3 is 41.2 Å². The van der Waals surface area contributed by atoms with Gasteiger partial charge in [-0.05, 0) is 79.3 Å². The van der Waals surface area contributed by atoms with Crippen molar-refractivity contribution in [3.8, 4) is 17.2 Å². The number of carboxylic acids is 2. The summed E-state index contributed by atoms with van der Waals surface area (Å²) in [5, 5.41) is 34.7. The highest BCUT2D eigenvalue weighted by Crippen LogP contribution is 2.31. The van der Waals surface area contributed by atoms with E-state index in [0.29, 0.717) is 29.4 Å². The van der Waals surface area contributed by atoms with Gasteiger partial charge in [-0.25, -0.2) is 9.59 Å². The number of carboxylic acid groups (broad SMARTS) is 2. The average Bonchev–Trinajstić information content (AvgIpc) is 3.06. The van der Waals surface area contributed by atoms with Gasteiger partial charge in [-0.2, -0.15) is 0 Å². The van der Waals surface area contributed by atoms with E-state index in [2.05, 4.69) is 10.6 Å². The number of benzene rings is 3. The standard InChI is InChI=1S/C36H41N3O10/c1-20(24-11-15-31(28(17-24)33(37)42)48-19-23-6-4-3-5-7-23)38-34(43)29(39-21(2)40)16-22-8-12-26(13-9-22)49-32(36(46)47)27-18-25(35(44)45)10-14-30(27)41/h8-15,17-18,20,23,29,32,41H,3-7,16,19H2,1-2H3,(H2,37,42)(H,38,43)(H,39,40)(H,44,45)(H,46,47). The number of phenolic OH excluding ortho intramolecular Hbond substituents is 1. The summed E-state index contributed by atoms with van der Waals surface area (Å²) in [5.41, 5.74) is 6.63. The second-order valence-electron chi connectivity index (χ2n) is 12.2. The quantitative estimate of drug-likeness (QED) is 0.134. The minimum Gasteiger partial charge on any atom is -0.508 e. The molecule has 0 heterocycles. The summed E-state index contributed by atoms with van der Waals surface area (Å²) < 4.78 is 11.6. The normalized spacial score (nSPS) is 14.9. The van der Waals surface area contributed by atoms with Crippen LogP contribution in [0.5, 0.6) is 17.2 Å². The van der Waals surface area contributed by atoms with Gasteiger partial charge in [0, 0.05) is 18.9 Å². The van der Waals surface area contributed by atoms with E-state index < -0.39 is 53.6 Å². The molecule has 13 heteroatoms. The number of aromatic hydroxyl groups is 1. The largest absolute Gasteiger partial charge is 0.508 e. The summed E-state index contributed by atoms with van der Waals surface area (Å²) in [5.74, 6) is -3.85. The van der Waals surface area contributed by atoms with Crippen LogP contribution in [0.25, 0.3) is 0 Å². The van der Waals surface area contributed by atoms with Crippen LogP contribution in [-0.2, 0) is 20.8 Å². The summed E-state index contributed by atoms with van der Waals surface area (Å²) in [6.07, 6.45) is 4.09. The molecular weight excluding hydrogens is 634 g/mol. The van der Waals surface area contributed by atoms with Crippen molar-refractivity contribution in [2.75, 3.05) is 6.61 Å². The van der Waals surface area contributed by atoms with Gasteiger partial charge in [0.15, 0.2) is 0 Å². The van der Waals surface area contributed by atoms with E-state index in [9.17, 15) is 39.3 Å². The van der Waals surface area contributed by atoms with Crippen LogP contribution in [0.15, 0.2) is 60.7 Å². The van der Waals surface area contributed by atoms with Gasteiger partial charge in [-0.15, -0.1) is 0 Å². The molecule has 1 fully saturated rings. The lowest BCUT2D eigenvalue weighted by Crippen LogP contribution is -2.48. The van der Waals surface area contributed by atoms with Crippen LogP contribution in [0.3, 0.4) is 0 Å². The number of hydrogen-bond acceptors (Lipinski definition) is 8. The van der Waals surface area contributed by atoms with E-state index in [0.717, 1.165) is 31.0 Å². The molecule has 0 saturated heterocycles. The third kappa shape index (κ3) is 9.95. The highest BCUT2D eigenvalue weighted by Gasteiger charge is 2.27. The van der Waals surface area contributed by atoms with Crippen LogP contribution in [0.1, 0.15) is 95.5 Å². The summed E-state index contributed by atoms with van der Waals surface area (Å²) in [6, 6.07) is 12.8. The number of hydrogen-bond donors (Lipinski definition) is 6. The first-order valence-corrected chi connectivity index (χ1v) is 16.0. The van der Waals surface area contributed by atoms with Gasteiger partial charge in [0.05, 0.1) is 23.8 Å². The number of phenols is 1. The first-order chi connectivity index (χ1) is 23.3. The van der Waals surface area contributed by atoms with Crippen LogP contribution < -0.4 is 25.8 Å². The lowest BCUT2D eigenvalue weighted by molar-refractivity contribution is -0.145. The molecule has 7 N–H and O–H groups in total. The molecule has 1 aliphatic rings. The average molecular weight is 676 g/mol. The Morgan fingerprint density at radius 2 is 1.61 bits per heavy atom. The van der Waals surface area contributed by atoms with Crippen molar-refractivity contribution in [1.29, 1.82) is 0 Å². The smallest absolute Gasteiger partial charge is 0.349 e. The molecule has 3 atom stereocenters. The van der Waals surface area contributed by atoms with Crippen LogP contribution in [-0.4, -0.2) is 57.6 Å². The predicted molar refractivity (Wildman–Crippen MR) is 177 cm³/mol. The van der Waals surface area contributed by atoms with Gasteiger partial charge in [0.25, 0.3) is 5.91 Å². The molecule has 3 amide bonds. The number of aromatic carboxylic acids is 1. The van der Waals surface area contributed by atoms with Gasteiger partial charge in [-0.1, -0.05) is 37.5 Å². The van der Waals surface area contributed by atoms with Crippen molar-refractivity contribution in [1.82, 2.24) is 10.6 Å². The number of nitrogens with two attached hydrogens (primary N) is 1. The number of ether oxygens (including phenoxy) is 2. The van der Waals surface area contributed by atoms with E-state index in [4.69, 9.17) is 15.2 Å². The lowest BCUT2D eigenvalue weighted by Gasteiger charge is -2.23. The first kappa shape index (κ1) is 36.2. The van der Waals surface area contributed by atoms with Crippen molar-refractivity contribution in [2.24, 2.45) is 11.7 Å². The van der Waals surface area contributed by atoms with Gasteiger partial charge in [0.1, 0.15) is 23.3 Å². The predicted octanol–water partition coefficient (Wildman–Crippen LogP) is 4.28. The number of primary amides is 1. The monoisotopic (exact) mass is 675 g/mol. The number of aliphatic carboxylic acids is 1. The zero-order valence-corrected chi connectivity index (χ0v) is 27.3. The fraction of sp³-hybridized carbons (Fsp3) is 0.361. The third-order valence-corrected chi connectivity index (χ3v) is 8.42. The number of carbonyl (C=O) groups excluding carboxylic acids is 3. The highest BCUT2D eigenvalue weighted by atomic mass is 16.5. The zero-order valence-electron chi connectivity index (χ0n) is 27.3. The molecule has 3 aromatic rings. The number of amides is 3. The Morgan fingerprint density at radius 3 is 2.22 bits per heavy atom. The van der Waals surface area contributed by atoms with E-state index in [1.165, 1.54) is 38.3 Å². The number of rotatable bonds is 15. The summed E-state index contributed by atoms with van der Waals surface area (Å²) in [7, 11) is 0. The SMILES string of the molecule is CC(=O)NC(Cc1ccc(OC(C(=O)O)c2cc(C(=O)O)ccc2O)cc1)C(=O)NC(C)c1ccc(OCC2CCCCC2)c(C(N)=O)c1. The van der Waals surface area contributed by atoms with E-state index >= 15 is 0 Å². The van der Waals surface area contributed by atoms with Crippen molar-refractivity contribution in [2.45, 2.75) is 70.6 Å². The molecule has 0 spiro atoms. The fourth-order valence-electron chi connectivity index (χ4n) is 5.77. The van der Waals surface area contributed by atoms with Crippen LogP contribution in [0.4, 0.5) is 0 Å². The topological polar surface area (TPSA) is 215 Å². The molecule has 1 aliphatic carbocycles. The maximum atomic E-state index is 13.4. The molecule has 0 aliphatic heterocycles. The second-order valence-corrected chi connectivity index (χ2v) is 12.2. The van der Waals surface area contributed by atoms with Gasteiger partial charge in [-0.3, -0.25) is 14.4 Å². The highest BCUT2D eigenvalue weighted by molar-refractivity contribution is 5.96. The molecule has 0 bridgehead atoms. The minimum atomic E-state index is -1.71. The number of carbonyl (C=O) groups is 5. The molecule has 13 nitrogen and oxygen atoms in total. The summed E-state index contributed by atoms with van der Waals surface area (Å²) in [6.45, 7) is 3.52. The Morgan fingerprint density at radius 1 is 0.918 bits per heavy atom. The molecular formula is C36H41N3O10. The molecule has 3 unspecified atom stereocenters. The Balaban J connectivity index is 1.43. The molecule has 0 radical (unpaired) electrons. The van der Waals surface area contributed by atoms with E-state index in [1.54, 1.807) is 37.3 Å². The van der Waals surface area contributed by atoms with Gasteiger partial charge >= 0.3 is 11.9 Å². The Kier molecular flexibility index (Phi) is 12.2. The van der Waals surface area contributed by atoms with Crippen LogP contribution >= 0.6 is 0 Å². The Hall–Kier alpha value is -5.59. The molecule has 3 aromatic carbocycles. The fourth-order valence-corrected chi connectivity index (χ4v) is 5.77. The Labute approximate surface area is 283 Å². The van der Waals surface area contributed by atoms with Crippen molar-refractivity contribution in [3.05, 3.63) is 88.5 Å². The van der Waals surface area contributed by atoms with Gasteiger partial charge in [0.2, 0.25) is 17.9 Å². The first-order valence-electron chi connectivity index (χ1n) is 16.0. The Bertz CT molecular complexity index is 1680. The van der Waals surface area contributed by atoms with Crippen molar-refractivity contribution in [3.63, 3.8) is 0 Å². The zero-order chi connectivity index (χ0) is 35.7. The van der Waals surface area contributed by atoms with Crippen molar-refractivity contribution < 1.29 is 48.8 Å². The molecule has 4 rings (SSSR count). The van der Waals surface area contributed by atoms with E-state index in [1.807, 2.05) is 0 Å². The van der Waals surface area contributed by atoms with E-state index in [-0.39, 0.29) is 28.9 Å². The molecule has 260 valence electrons. The molecule has 0 aromatic heterocycles. The maximum absolute atomic E-state index is 13.4. The number of nitrogens with one attached hydrogen (secondary N) is 2. The maximum Gasteiger partial charge on any atom is 0.349 e. The summed E-state index contributed by atoms with van der Waals surface area (Å²) in [4.78, 5) is 61.0. The lowest BCUT2D eigenvalue weighted by atomic mass is 9.90. The van der Waals surface area contributed by atoms with Crippen LogP contribution in [0.2, 0.25) is 0 Å². The molecule has 1 saturated carbocycles. The van der Waals surface area contributed by atoms with Crippen molar-refractivity contribution >= 4 is 29.7 Å². The second kappa shape index (κ2) is 16.5. The third-order valence-electron chi connectivity index (χ3n) is 8.42. The summed E-state index contributed by atoms with van der Waals surface area (Å²) >= 11 is 0. The van der Waals surface area contributed by atoms with Crippen LogP contribution in [0, 0.1) is 5.92 Å².